The van der Waals surface area contributed by atoms with Gasteiger partial charge in [0.2, 0.25) is 5.12 Å². The maximum Gasteiger partial charge on any atom is 0.310 e. The van der Waals surface area contributed by atoms with Crippen molar-refractivity contribution in [2.45, 2.75) is 26.9 Å². The summed E-state index contributed by atoms with van der Waals surface area (Å²) >= 11 is 1.35. The highest BCUT2D eigenvalue weighted by Gasteiger charge is 2.61. The van der Waals surface area contributed by atoms with E-state index in [0.717, 1.165) is 23.3 Å². The van der Waals surface area contributed by atoms with Crippen molar-refractivity contribution in [2.75, 3.05) is 5.75 Å². The van der Waals surface area contributed by atoms with Crippen LogP contribution in [0.25, 0.3) is 0 Å². The Labute approximate surface area is 145 Å². The summed E-state index contributed by atoms with van der Waals surface area (Å²) in [6, 6.07) is 9.12. The van der Waals surface area contributed by atoms with Crippen LogP contribution in [-0.4, -0.2) is 16.8 Å². The number of esters is 1. The second-order valence-corrected chi connectivity index (χ2v) is 7.89. The number of thioether (sulfide) groups is 1. The minimum atomic E-state index is -0.234. The van der Waals surface area contributed by atoms with Gasteiger partial charge in [-0.1, -0.05) is 43.8 Å². The van der Waals surface area contributed by atoms with Gasteiger partial charge in [0.15, 0.2) is 0 Å². The Morgan fingerprint density at radius 1 is 1.50 bits per heavy atom. The molecule has 1 aromatic rings. The van der Waals surface area contributed by atoms with Crippen LogP contribution in [0.5, 0.6) is 0 Å². The molecule has 2 aliphatic rings. The molecule has 5 heteroatoms. The molecule has 0 amide bonds. The Kier molecular flexibility index (Phi) is 4.51. The fourth-order valence-electron chi connectivity index (χ4n) is 3.23. The zero-order valence-corrected chi connectivity index (χ0v) is 14.6. The summed E-state index contributed by atoms with van der Waals surface area (Å²) in [5.41, 5.74) is 2.02. The predicted octanol–water partition coefficient (Wildman–Crippen LogP) is 3.46. The molecule has 0 aromatic heterocycles. The van der Waals surface area contributed by atoms with Crippen LogP contribution in [0.4, 0.5) is 0 Å². The lowest BCUT2D eigenvalue weighted by atomic mass is 10.1. The van der Waals surface area contributed by atoms with Crippen molar-refractivity contribution in [3.8, 4) is 6.07 Å². The van der Waals surface area contributed by atoms with E-state index in [2.05, 4.69) is 6.07 Å². The van der Waals surface area contributed by atoms with E-state index in [1.807, 2.05) is 26.0 Å². The fourth-order valence-corrected chi connectivity index (χ4v) is 4.09. The third-order valence-corrected chi connectivity index (χ3v) is 5.78. The van der Waals surface area contributed by atoms with Crippen LogP contribution in [0.3, 0.4) is 0 Å². The first-order valence-corrected chi connectivity index (χ1v) is 8.95. The van der Waals surface area contributed by atoms with E-state index in [9.17, 15) is 9.59 Å². The van der Waals surface area contributed by atoms with Gasteiger partial charge in [0.1, 0.15) is 6.61 Å². The van der Waals surface area contributed by atoms with Crippen LogP contribution in [0.2, 0.25) is 0 Å². The summed E-state index contributed by atoms with van der Waals surface area (Å²) < 4.78 is 5.44. The molecule has 3 rings (SSSR count). The fraction of sp³-hybridized carbons (Fsp3) is 0.421. The van der Waals surface area contributed by atoms with Crippen LogP contribution in [0.1, 0.15) is 31.4 Å². The Hall–Kier alpha value is -2.06. The number of rotatable bonds is 4. The van der Waals surface area contributed by atoms with Crippen molar-refractivity contribution >= 4 is 22.8 Å². The third kappa shape index (κ3) is 3.25. The van der Waals surface area contributed by atoms with Crippen molar-refractivity contribution in [2.24, 2.45) is 17.3 Å². The molecule has 24 heavy (non-hydrogen) atoms. The van der Waals surface area contributed by atoms with E-state index in [0.29, 0.717) is 5.56 Å². The van der Waals surface area contributed by atoms with Gasteiger partial charge < -0.3 is 4.74 Å². The number of nitriles is 1. The summed E-state index contributed by atoms with van der Waals surface area (Å²) in [4.78, 5) is 24.2. The third-order valence-electron chi connectivity index (χ3n) is 4.85. The predicted molar refractivity (Wildman–Crippen MR) is 91.9 cm³/mol. The van der Waals surface area contributed by atoms with E-state index in [1.54, 1.807) is 18.2 Å². The van der Waals surface area contributed by atoms with E-state index < -0.39 is 0 Å². The zero-order valence-electron chi connectivity index (χ0n) is 13.7. The topological polar surface area (TPSA) is 67.2 Å². The smallest absolute Gasteiger partial charge is 0.310 e. The lowest BCUT2D eigenvalue weighted by Gasteiger charge is -2.06. The number of nitrogens with zero attached hydrogens (tertiary/aromatic N) is 1. The summed E-state index contributed by atoms with van der Waals surface area (Å²) in [6.07, 6.45) is 2.77. The lowest BCUT2D eigenvalue weighted by molar-refractivity contribution is -0.147. The van der Waals surface area contributed by atoms with Gasteiger partial charge in [-0.15, -0.1) is 0 Å². The maximum atomic E-state index is 12.4. The Bertz CT molecular complexity index is 760. The highest BCUT2D eigenvalue weighted by molar-refractivity contribution is 8.14. The van der Waals surface area contributed by atoms with Crippen molar-refractivity contribution in [3.63, 3.8) is 0 Å². The molecule has 0 unspecified atom stereocenters. The summed E-state index contributed by atoms with van der Waals surface area (Å²) in [6.45, 7) is 4.23. The standard InChI is InChI=1S/C19H19NO3S/c1-19(2)15(9-14-6-7-24-18(14)22)16(19)17(21)23-11-13-5-3-4-12(8-13)10-20/h3-5,8-9,15-16H,6-7,11H2,1-2H3/b14-9+/t15-,16-/m0/s1. The average molecular weight is 341 g/mol. The van der Waals surface area contributed by atoms with Crippen molar-refractivity contribution in [1.29, 1.82) is 5.26 Å². The molecule has 1 aliphatic heterocycles. The molecule has 1 saturated heterocycles. The Morgan fingerprint density at radius 3 is 2.96 bits per heavy atom. The number of ether oxygens (including phenoxy) is 1. The Balaban J connectivity index is 1.63. The second-order valence-electron chi connectivity index (χ2n) is 6.82. The van der Waals surface area contributed by atoms with Gasteiger partial charge in [-0.2, -0.15) is 5.26 Å². The molecule has 0 spiro atoms. The van der Waals surface area contributed by atoms with Crippen molar-refractivity contribution < 1.29 is 14.3 Å². The number of benzene rings is 1. The molecule has 4 nitrogen and oxygen atoms in total. The average Bonchev–Trinajstić information content (AvgIpc) is 2.87. The van der Waals surface area contributed by atoms with Gasteiger partial charge in [-0.3, -0.25) is 9.59 Å². The van der Waals surface area contributed by atoms with Crippen molar-refractivity contribution in [1.82, 2.24) is 0 Å². The first-order chi connectivity index (χ1) is 11.4. The number of carbonyl (C=O) groups is 2. The quantitative estimate of drug-likeness (QED) is 0.620. The molecule has 0 radical (unpaired) electrons. The summed E-state index contributed by atoms with van der Waals surface area (Å²) in [7, 11) is 0. The van der Waals surface area contributed by atoms with Crippen molar-refractivity contribution in [3.05, 3.63) is 47.0 Å². The molecular weight excluding hydrogens is 322 g/mol. The molecule has 2 atom stereocenters. The highest BCUT2D eigenvalue weighted by atomic mass is 32.2. The zero-order chi connectivity index (χ0) is 17.3. The number of hydrogen-bond acceptors (Lipinski definition) is 5. The van der Waals surface area contributed by atoms with Gasteiger partial charge in [0, 0.05) is 11.3 Å². The minimum Gasteiger partial charge on any atom is -0.461 e. The van der Waals surface area contributed by atoms with Gasteiger partial charge in [-0.25, -0.2) is 0 Å². The maximum absolute atomic E-state index is 12.4. The van der Waals surface area contributed by atoms with Gasteiger partial charge >= 0.3 is 5.97 Å². The van der Waals surface area contributed by atoms with E-state index in [-0.39, 0.29) is 34.9 Å². The SMILES string of the molecule is CC1(C)[C@H](C(=O)OCc2cccc(C#N)c2)[C@@H]1/C=C1\CCSC1=O. The van der Waals surface area contributed by atoms with Gasteiger partial charge in [0.25, 0.3) is 0 Å². The lowest BCUT2D eigenvalue weighted by Crippen LogP contribution is -2.10. The monoisotopic (exact) mass is 341 g/mol. The van der Waals surface area contributed by atoms with E-state index >= 15 is 0 Å². The molecule has 1 heterocycles. The highest BCUT2D eigenvalue weighted by Crippen LogP contribution is 2.60. The van der Waals surface area contributed by atoms with E-state index in [1.165, 1.54) is 11.8 Å². The van der Waals surface area contributed by atoms with Gasteiger partial charge in [0.05, 0.1) is 17.6 Å². The summed E-state index contributed by atoms with van der Waals surface area (Å²) in [5, 5.41) is 9.04. The first-order valence-electron chi connectivity index (χ1n) is 7.97. The number of allylic oxidation sites excluding steroid dienone is 1. The molecular formula is C19H19NO3S. The number of carbonyl (C=O) groups excluding carboxylic acids is 2. The van der Waals surface area contributed by atoms with E-state index in [4.69, 9.17) is 10.00 Å². The molecule has 124 valence electrons. The van der Waals surface area contributed by atoms with Crippen LogP contribution in [0, 0.1) is 28.6 Å². The van der Waals surface area contributed by atoms with Crippen LogP contribution >= 0.6 is 11.8 Å². The molecule has 2 fully saturated rings. The van der Waals surface area contributed by atoms with Crippen LogP contribution in [-0.2, 0) is 20.9 Å². The Morgan fingerprint density at radius 2 is 2.29 bits per heavy atom. The second kappa shape index (κ2) is 6.45. The minimum absolute atomic E-state index is 0.0630. The first kappa shape index (κ1) is 16.8. The summed E-state index contributed by atoms with van der Waals surface area (Å²) in [5.74, 6) is 0.459. The largest absolute Gasteiger partial charge is 0.461 e. The van der Waals surface area contributed by atoms with Crippen LogP contribution < -0.4 is 0 Å². The number of hydrogen-bond donors (Lipinski definition) is 0. The van der Waals surface area contributed by atoms with Crippen LogP contribution in [0.15, 0.2) is 35.9 Å². The molecule has 0 N–H and O–H groups in total. The molecule has 0 bridgehead atoms. The molecule has 1 aliphatic carbocycles. The molecule has 1 aromatic carbocycles. The molecule has 1 saturated carbocycles. The normalized spacial score (nSPS) is 26.2. The van der Waals surface area contributed by atoms with Gasteiger partial charge in [-0.05, 0) is 35.4 Å².